The molecular weight excluding hydrogens is 560 g/mol. The molecule has 16 heteroatoms. The Morgan fingerprint density at radius 3 is 1.21 bits per heavy atom. The molecule has 2 aromatic carbocycles. The van der Waals surface area contributed by atoms with Crippen LogP contribution in [0.2, 0.25) is 0 Å². The van der Waals surface area contributed by atoms with Crippen molar-refractivity contribution in [1.29, 1.82) is 0 Å². The Hall–Kier alpha value is -5.80. The Balaban J connectivity index is 2.38. The maximum Gasteiger partial charge on any atom is 0.340 e. The van der Waals surface area contributed by atoms with Crippen molar-refractivity contribution < 1.29 is 58.8 Å². The summed E-state index contributed by atoms with van der Waals surface area (Å²) in [5.41, 5.74) is -5.63. The van der Waals surface area contributed by atoms with Crippen LogP contribution in [0.3, 0.4) is 0 Å². The molecule has 4 amide bonds. The van der Waals surface area contributed by atoms with Crippen LogP contribution in [0.5, 0.6) is 0 Å². The van der Waals surface area contributed by atoms with Gasteiger partial charge in [0.2, 0.25) is 0 Å². The molecule has 0 heterocycles. The van der Waals surface area contributed by atoms with Gasteiger partial charge in [-0.3, -0.25) is 19.2 Å². The molecule has 0 radical (unpaired) electrons. The standard InChI is InChI=1S/C26H26N4O12/c1-11-9-13(3)16(10-12(11)2)30-20(34)26(23(39)40,24(41)42)19(33)29-15-7-5-14(6-8-15)28-18(32)25(21(35)36,22(37)38)17(31)27-4/h5-10H,1-4H3,(H,27,31)(H,28,32)(H,29,33)(H,30,34)(H,35,36)(H,37,38)(H,39,40)(H,41,42). The van der Waals surface area contributed by atoms with Crippen molar-refractivity contribution in [1.82, 2.24) is 5.32 Å². The summed E-state index contributed by atoms with van der Waals surface area (Å²) in [5, 5.41) is 46.1. The topological polar surface area (TPSA) is 266 Å². The fourth-order valence-electron chi connectivity index (χ4n) is 3.75. The zero-order chi connectivity index (χ0) is 32.2. The molecule has 8 N–H and O–H groups in total. The van der Waals surface area contributed by atoms with Crippen LogP contribution in [0.1, 0.15) is 16.7 Å². The van der Waals surface area contributed by atoms with Crippen molar-refractivity contribution in [3.63, 3.8) is 0 Å². The van der Waals surface area contributed by atoms with Gasteiger partial charge in [0.25, 0.3) is 23.6 Å². The third-order valence-electron chi connectivity index (χ3n) is 6.36. The molecular formula is C26H26N4O12. The van der Waals surface area contributed by atoms with Crippen LogP contribution in [0.15, 0.2) is 36.4 Å². The van der Waals surface area contributed by atoms with E-state index in [1.54, 1.807) is 32.2 Å². The van der Waals surface area contributed by atoms with Crippen molar-refractivity contribution in [2.75, 3.05) is 23.0 Å². The Labute approximate surface area is 236 Å². The summed E-state index contributed by atoms with van der Waals surface area (Å²) in [7, 11) is 0.922. The third-order valence-corrected chi connectivity index (χ3v) is 6.36. The quantitative estimate of drug-likeness (QED) is 0.164. The minimum Gasteiger partial charge on any atom is -0.480 e. The molecule has 0 spiro atoms. The van der Waals surface area contributed by atoms with Crippen molar-refractivity contribution in [3.8, 4) is 0 Å². The molecule has 42 heavy (non-hydrogen) atoms. The highest BCUT2D eigenvalue weighted by Gasteiger charge is 2.62. The van der Waals surface area contributed by atoms with Crippen LogP contribution < -0.4 is 21.3 Å². The molecule has 0 atom stereocenters. The highest BCUT2D eigenvalue weighted by atomic mass is 16.4. The molecule has 0 saturated heterocycles. The molecule has 16 nitrogen and oxygen atoms in total. The molecule has 0 fully saturated rings. The first-order valence-electron chi connectivity index (χ1n) is 11.8. The van der Waals surface area contributed by atoms with Crippen LogP contribution in [-0.2, 0) is 38.4 Å². The van der Waals surface area contributed by atoms with Gasteiger partial charge in [-0.1, -0.05) is 6.07 Å². The lowest BCUT2D eigenvalue weighted by atomic mass is 9.85. The number of aryl methyl sites for hydroxylation is 3. The second kappa shape index (κ2) is 12.2. The van der Waals surface area contributed by atoms with Gasteiger partial charge in [-0.25, -0.2) is 19.2 Å². The summed E-state index contributed by atoms with van der Waals surface area (Å²) in [4.78, 5) is 98.1. The molecule has 0 aliphatic rings. The van der Waals surface area contributed by atoms with E-state index in [1.807, 2.05) is 10.6 Å². The molecule has 0 aliphatic carbocycles. The number of amides is 4. The van der Waals surface area contributed by atoms with E-state index in [-0.39, 0.29) is 17.1 Å². The van der Waals surface area contributed by atoms with E-state index in [2.05, 4.69) is 5.32 Å². The number of anilines is 3. The van der Waals surface area contributed by atoms with Crippen LogP contribution >= 0.6 is 0 Å². The number of carboxylic acid groups (broad SMARTS) is 4. The smallest absolute Gasteiger partial charge is 0.340 e. The van der Waals surface area contributed by atoms with Gasteiger partial charge in [0.15, 0.2) is 0 Å². The number of hydrogen-bond donors (Lipinski definition) is 8. The van der Waals surface area contributed by atoms with Gasteiger partial charge in [0.05, 0.1) is 0 Å². The van der Waals surface area contributed by atoms with Gasteiger partial charge in [0.1, 0.15) is 0 Å². The van der Waals surface area contributed by atoms with Gasteiger partial charge < -0.3 is 41.7 Å². The van der Waals surface area contributed by atoms with Crippen molar-refractivity contribution in [2.45, 2.75) is 20.8 Å². The first-order chi connectivity index (χ1) is 19.5. The summed E-state index contributed by atoms with van der Waals surface area (Å²) in [6.45, 7) is 5.07. The van der Waals surface area contributed by atoms with Gasteiger partial charge in [-0.05, 0) is 67.8 Å². The SMILES string of the molecule is CNC(=O)C(C(=O)O)(C(=O)O)C(=O)Nc1ccc(NC(=O)C(C(=O)O)(C(=O)O)C(=O)Nc2cc(C)c(C)cc2C)cc1. The molecule has 222 valence electrons. The minimum atomic E-state index is -3.64. The summed E-state index contributed by atoms with van der Waals surface area (Å²) in [5.74, 6) is -15.9. The Kier molecular flexibility index (Phi) is 9.38. The van der Waals surface area contributed by atoms with Gasteiger partial charge in [-0.2, -0.15) is 0 Å². The third kappa shape index (κ3) is 5.58. The second-order valence-corrected chi connectivity index (χ2v) is 8.99. The molecule has 0 aromatic heterocycles. The van der Waals surface area contributed by atoms with E-state index < -0.39 is 58.3 Å². The zero-order valence-corrected chi connectivity index (χ0v) is 22.5. The first-order valence-corrected chi connectivity index (χ1v) is 11.8. The Morgan fingerprint density at radius 2 is 0.857 bits per heavy atom. The van der Waals surface area contributed by atoms with E-state index in [0.29, 0.717) is 11.1 Å². The average Bonchev–Trinajstić information content (AvgIpc) is 2.88. The Bertz CT molecular complexity index is 1490. The van der Waals surface area contributed by atoms with Crippen molar-refractivity contribution in [2.24, 2.45) is 10.8 Å². The van der Waals surface area contributed by atoms with Crippen LogP contribution in [0.25, 0.3) is 0 Å². The highest BCUT2D eigenvalue weighted by Crippen LogP contribution is 2.28. The van der Waals surface area contributed by atoms with Crippen LogP contribution in [0, 0.1) is 31.6 Å². The molecule has 0 saturated carbocycles. The van der Waals surface area contributed by atoms with Gasteiger partial charge >= 0.3 is 34.7 Å². The van der Waals surface area contributed by atoms with Gasteiger partial charge in [0, 0.05) is 24.1 Å². The maximum absolute atomic E-state index is 13.0. The van der Waals surface area contributed by atoms with Gasteiger partial charge in [-0.15, -0.1) is 0 Å². The number of carbonyl (C=O) groups is 8. The lowest BCUT2D eigenvalue weighted by Crippen LogP contribution is -2.58. The predicted molar refractivity (Wildman–Crippen MR) is 142 cm³/mol. The number of carbonyl (C=O) groups excluding carboxylic acids is 4. The summed E-state index contributed by atoms with van der Waals surface area (Å²) in [6.07, 6.45) is 0. The average molecular weight is 587 g/mol. The number of aliphatic carboxylic acids is 4. The first kappa shape index (κ1) is 32.4. The van der Waals surface area contributed by atoms with E-state index in [1.165, 1.54) is 6.07 Å². The second-order valence-electron chi connectivity index (χ2n) is 8.99. The number of carboxylic acids is 4. The lowest BCUT2D eigenvalue weighted by molar-refractivity contribution is -0.173. The number of benzene rings is 2. The number of hydrogen-bond acceptors (Lipinski definition) is 8. The van der Waals surface area contributed by atoms with E-state index in [0.717, 1.165) is 36.9 Å². The monoisotopic (exact) mass is 586 g/mol. The molecule has 0 aliphatic heterocycles. The Morgan fingerprint density at radius 1 is 0.524 bits per heavy atom. The fourth-order valence-corrected chi connectivity index (χ4v) is 3.75. The molecule has 0 unspecified atom stereocenters. The maximum atomic E-state index is 13.0. The predicted octanol–water partition coefficient (Wildman–Crippen LogP) is 0.185. The minimum absolute atomic E-state index is 0.0819. The van der Waals surface area contributed by atoms with Crippen LogP contribution in [-0.4, -0.2) is 75.0 Å². The van der Waals surface area contributed by atoms with E-state index in [9.17, 15) is 58.8 Å². The normalized spacial score (nSPS) is 11.0. The van der Waals surface area contributed by atoms with Crippen LogP contribution in [0.4, 0.5) is 17.1 Å². The van der Waals surface area contributed by atoms with Crippen molar-refractivity contribution >= 4 is 64.6 Å². The lowest BCUT2D eigenvalue weighted by Gasteiger charge is -2.24. The van der Waals surface area contributed by atoms with E-state index in [4.69, 9.17) is 0 Å². The highest BCUT2D eigenvalue weighted by molar-refractivity contribution is 6.39. The van der Waals surface area contributed by atoms with E-state index >= 15 is 0 Å². The molecule has 0 bridgehead atoms. The summed E-state index contributed by atoms with van der Waals surface area (Å²) < 4.78 is 0. The molecule has 2 rings (SSSR count). The summed E-state index contributed by atoms with van der Waals surface area (Å²) >= 11 is 0. The fraction of sp³-hybridized carbons (Fsp3) is 0.231. The summed E-state index contributed by atoms with van der Waals surface area (Å²) in [6, 6.07) is 7.13. The largest absolute Gasteiger partial charge is 0.480 e. The number of nitrogens with one attached hydrogen (secondary N) is 4. The number of rotatable bonds is 11. The molecule has 2 aromatic rings. The zero-order valence-electron chi connectivity index (χ0n) is 22.5. The van der Waals surface area contributed by atoms with Crippen molar-refractivity contribution in [3.05, 3.63) is 53.1 Å².